The molecule has 1 atom stereocenters. The molecule has 6 nitrogen and oxygen atoms in total. The van der Waals surface area contributed by atoms with Gasteiger partial charge in [-0.2, -0.15) is 0 Å². The van der Waals surface area contributed by atoms with Crippen LogP contribution in [0.15, 0.2) is 47.6 Å². The van der Waals surface area contributed by atoms with Gasteiger partial charge in [0.05, 0.1) is 12.4 Å². The van der Waals surface area contributed by atoms with Gasteiger partial charge in [0.1, 0.15) is 4.90 Å². The van der Waals surface area contributed by atoms with Crippen molar-refractivity contribution in [2.75, 3.05) is 6.54 Å². The number of hydrogen-bond donors (Lipinski definition) is 2. The van der Waals surface area contributed by atoms with E-state index in [1.807, 2.05) is 51.1 Å². The molecule has 0 saturated carbocycles. The number of nitrogens with zero attached hydrogens (tertiary/aromatic N) is 2. The van der Waals surface area contributed by atoms with Crippen LogP contribution in [-0.4, -0.2) is 30.5 Å². The van der Waals surface area contributed by atoms with Crippen LogP contribution in [0.1, 0.15) is 27.2 Å². The molecule has 1 unspecified atom stereocenters. The minimum absolute atomic E-state index is 0.0330. The normalized spacial score (nSPS) is 14.5. The third-order valence-corrected chi connectivity index (χ3v) is 5.25. The maximum Gasteiger partial charge on any atom is 0.244 e. The van der Waals surface area contributed by atoms with Gasteiger partial charge in [0, 0.05) is 17.6 Å². The van der Waals surface area contributed by atoms with Gasteiger partial charge in [0.25, 0.3) is 0 Å². The summed E-state index contributed by atoms with van der Waals surface area (Å²) in [4.78, 5) is 8.37. The summed E-state index contributed by atoms with van der Waals surface area (Å²) in [7, 11) is -3.73. The lowest BCUT2D eigenvalue weighted by atomic mass is 9.92. The monoisotopic (exact) mass is 348 g/mol. The van der Waals surface area contributed by atoms with Crippen LogP contribution in [0.3, 0.4) is 0 Å². The van der Waals surface area contributed by atoms with Gasteiger partial charge in [-0.3, -0.25) is 0 Å². The summed E-state index contributed by atoms with van der Waals surface area (Å²) >= 11 is 0. The smallest absolute Gasteiger partial charge is 0.244 e. The van der Waals surface area contributed by atoms with Crippen molar-refractivity contribution in [2.24, 2.45) is 11.7 Å². The highest BCUT2D eigenvalue weighted by Gasteiger charge is 2.30. The fourth-order valence-electron chi connectivity index (χ4n) is 2.64. The zero-order chi connectivity index (χ0) is 17.8. The predicted molar refractivity (Wildman–Crippen MR) is 94.7 cm³/mol. The first-order valence-electron chi connectivity index (χ1n) is 7.87. The molecule has 2 aromatic rings. The molecule has 0 radical (unpaired) electrons. The van der Waals surface area contributed by atoms with E-state index < -0.39 is 15.6 Å². The lowest BCUT2D eigenvalue weighted by Crippen LogP contribution is -2.52. The summed E-state index contributed by atoms with van der Waals surface area (Å²) in [5, 5.41) is 0. The van der Waals surface area contributed by atoms with Crippen molar-refractivity contribution < 1.29 is 8.42 Å². The standard InChI is InChI=1S/C17H24N4O2S/c1-13(2)9-17(3,12-18)21-24(22,23)15-10-19-16(20-11-15)14-7-5-4-6-8-14/h4-8,10-11,13,21H,9,12,18H2,1-3H3. The molecule has 1 aromatic carbocycles. The molecule has 0 fully saturated rings. The SMILES string of the molecule is CC(C)CC(C)(CN)NS(=O)(=O)c1cnc(-c2ccccc2)nc1. The van der Waals surface area contributed by atoms with Crippen molar-refractivity contribution in [1.29, 1.82) is 0 Å². The van der Waals surface area contributed by atoms with Crippen LogP contribution in [0.25, 0.3) is 11.4 Å². The molecule has 0 spiro atoms. The van der Waals surface area contributed by atoms with Crippen molar-refractivity contribution in [1.82, 2.24) is 14.7 Å². The first-order chi connectivity index (χ1) is 11.3. The van der Waals surface area contributed by atoms with E-state index >= 15 is 0 Å². The average molecular weight is 348 g/mol. The Balaban J connectivity index is 2.23. The average Bonchev–Trinajstić information content (AvgIpc) is 2.54. The van der Waals surface area contributed by atoms with E-state index in [0.29, 0.717) is 18.2 Å². The van der Waals surface area contributed by atoms with Gasteiger partial charge < -0.3 is 5.73 Å². The quantitative estimate of drug-likeness (QED) is 0.799. The number of aromatic nitrogens is 2. The maximum absolute atomic E-state index is 12.6. The Kier molecular flexibility index (Phi) is 5.69. The predicted octanol–water partition coefficient (Wildman–Crippen LogP) is 2.19. The van der Waals surface area contributed by atoms with E-state index in [4.69, 9.17) is 5.73 Å². The van der Waals surface area contributed by atoms with E-state index in [9.17, 15) is 8.42 Å². The third-order valence-electron chi connectivity index (χ3n) is 3.66. The molecule has 0 aliphatic rings. The van der Waals surface area contributed by atoms with E-state index in [2.05, 4.69) is 14.7 Å². The summed E-state index contributed by atoms with van der Waals surface area (Å²) in [6, 6.07) is 9.40. The largest absolute Gasteiger partial charge is 0.329 e. The second kappa shape index (κ2) is 7.38. The number of rotatable bonds is 7. The van der Waals surface area contributed by atoms with E-state index in [1.54, 1.807) is 0 Å². The topological polar surface area (TPSA) is 98.0 Å². The molecule has 0 bridgehead atoms. The maximum atomic E-state index is 12.6. The zero-order valence-corrected chi connectivity index (χ0v) is 15.0. The summed E-state index contributed by atoms with van der Waals surface area (Å²) in [5.41, 5.74) is 5.91. The first-order valence-corrected chi connectivity index (χ1v) is 9.35. The van der Waals surface area contributed by atoms with Crippen molar-refractivity contribution in [3.05, 3.63) is 42.7 Å². The molecule has 7 heteroatoms. The van der Waals surface area contributed by atoms with E-state index in [0.717, 1.165) is 5.56 Å². The Labute approximate surface area is 143 Å². The fraction of sp³-hybridized carbons (Fsp3) is 0.412. The Bertz CT molecular complexity index is 761. The van der Waals surface area contributed by atoms with Crippen molar-refractivity contribution in [3.8, 4) is 11.4 Å². The Morgan fingerprint density at radius 2 is 1.75 bits per heavy atom. The molecule has 24 heavy (non-hydrogen) atoms. The van der Waals surface area contributed by atoms with Crippen LogP contribution in [0.4, 0.5) is 0 Å². The molecule has 0 amide bonds. The van der Waals surface area contributed by atoms with Gasteiger partial charge in [0.15, 0.2) is 5.82 Å². The summed E-state index contributed by atoms with van der Waals surface area (Å²) in [5.74, 6) is 0.802. The molecular formula is C17H24N4O2S. The van der Waals surface area contributed by atoms with Gasteiger partial charge in [-0.05, 0) is 19.3 Å². The molecule has 0 aliphatic heterocycles. The van der Waals surface area contributed by atoms with Crippen LogP contribution in [0.2, 0.25) is 0 Å². The minimum atomic E-state index is -3.73. The molecule has 0 aliphatic carbocycles. The molecule has 2 rings (SSSR count). The van der Waals surface area contributed by atoms with E-state index in [-0.39, 0.29) is 11.4 Å². The highest BCUT2D eigenvalue weighted by atomic mass is 32.2. The van der Waals surface area contributed by atoms with Crippen molar-refractivity contribution in [3.63, 3.8) is 0 Å². The first kappa shape index (κ1) is 18.5. The zero-order valence-electron chi connectivity index (χ0n) is 14.2. The van der Waals surface area contributed by atoms with Gasteiger partial charge in [-0.25, -0.2) is 23.1 Å². The molecule has 1 heterocycles. The van der Waals surface area contributed by atoms with Crippen molar-refractivity contribution in [2.45, 2.75) is 37.6 Å². The van der Waals surface area contributed by atoms with Gasteiger partial charge in [-0.15, -0.1) is 0 Å². The summed E-state index contributed by atoms with van der Waals surface area (Å²) < 4.78 is 27.9. The lowest BCUT2D eigenvalue weighted by Gasteiger charge is -2.30. The number of sulfonamides is 1. The van der Waals surface area contributed by atoms with Crippen LogP contribution in [0, 0.1) is 5.92 Å². The Morgan fingerprint density at radius 3 is 2.25 bits per heavy atom. The lowest BCUT2D eigenvalue weighted by molar-refractivity contribution is 0.344. The fourth-order valence-corrected chi connectivity index (χ4v) is 3.96. The third kappa shape index (κ3) is 4.59. The molecule has 130 valence electrons. The number of hydrogen-bond acceptors (Lipinski definition) is 5. The summed E-state index contributed by atoms with van der Waals surface area (Å²) in [6.07, 6.45) is 3.29. The number of benzene rings is 1. The second-order valence-electron chi connectivity index (χ2n) is 6.58. The Morgan fingerprint density at radius 1 is 1.17 bits per heavy atom. The van der Waals surface area contributed by atoms with Gasteiger partial charge in [-0.1, -0.05) is 44.2 Å². The minimum Gasteiger partial charge on any atom is -0.329 e. The van der Waals surface area contributed by atoms with Gasteiger partial charge in [0.2, 0.25) is 10.0 Å². The molecular weight excluding hydrogens is 324 g/mol. The van der Waals surface area contributed by atoms with E-state index in [1.165, 1.54) is 12.4 Å². The van der Waals surface area contributed by atoms with Crippen molar-refractivity contribution >= 4 is 10.0 Å². The molecule has 0 saturated heterocycles. The number of nitrogens with two attached hydrogens (primary N) is 1. The van der Waals surface area contributed by atoms with Crippen LogP contribution in [0.5, 0.6) is 0 Å². The molecule has 3 N–H and O–H groups in total. The van der Waals surface area contributed by atoms with Crippen LogP contribution >= 0.6 is 0 Å². The summed E-state index contributed by atoms with van der Waals surface area (Å²) in [6.45, 7) is 6.08. The number of nitrogens with one attached hydrogen (secondary N) is 1. The van der Waals surface area contributed by atoms with Crippen LogP contribution < -0.4 is 10.5 Å². The van der Waals surface area contributed by atoms with Gasteiger partial charge >= 0.3 is 0 Å². The second-order valence-corrected chi connectivity index (χ2v) is 8.26. The highest BCUT2D eigenvalue weighted by molar-refractivity contribution is 7.89. The Hall–Kier alpha value is -1.83. The highest BCUT2D eigenvalue weighted by Crippen LogP contribution is 2.20. The van der Waals surface area contributed by atoms with Crippen LogP contribution in [-0.2, 0) is 10.0 Å². The molecule has 1 aromatic heterocycles.